The number of nitrogens with one attached hydrogen (secondary N) is 1. The molecule has 1 aliphatic carbocycles. The van der Waals surface area contributed by atoms with Gasteiger partial charge in [-0.2, -0.15) is 5.10 Å². The number of H-pyrrole nitrogens is 1. The number of fused-ring (bicyclic) bond motifs is 2. The van der Waals surface area contributed by atoms with E-state index in [1.807, 2.05) is 18.3 Å². The van der Waals surface area contributed by atoms with Gasteiger partial charge in [0.15, 0.2) is 0 Å². The molecule has 1 N–H and O–H groups in total. The zero-order valence-corrected chi connectivity index (χ0v) is 16.2. The fourth-order valence-corrected chi connectivity index (χ4v) is 4.36. The summed E-state index contributed by atoms with van der Waals surface area (Å²) in [5, 5.41) is 8.83. The van der Waals surface area contributed by atoms with Crippen LogP contribution in [-0.2, 0) is 19.4 Å². The van der Waals surface area contributed by atoms with Crippen LogP contribution < -0.4 is 4.90 Å². The number of aryl methyl sites for hydroxylation is 1. The van der Waals surface area contributed by atoms with E-state index in [2.05, 4.69) is 47.0 Å². The molecular formula is C19H21BrN6. The third kappa shape index (κ3) is 2.99. The molecule has 3 aromatic rings. The smallest absolute Gasteiger partial charge is 0.225 e. The first-order valence-corrected chi connectivity index (χ1v) is 10.0. The molecule has 0 bridgehead atoms. The Kier molecular flexibility index (Phi) is 4.13. The molecule has 2 aromatic heterocycles. The number of piperazine rings is 1. The lowest BCUT2D eigenvalue weighted by atomic mass is 10.2. The lowest BCUT2D eigenvalue weighted by molar-refractivity contribution is 0.245. The number of aromatic amines is 1. The number of nitrogens with zero attached hydrogens (tertiary/aromatic N) is 5. The Bertz CT molecular complexity index is 944. The van der Waals surface area contributed by atoms with Crippen molar-refractivity contribution in [1.29, 1.82) is 0 Å². The van der Waals surface area contributed by atoms with E-state index in [9.17, 15) is 0 Å². The molecular weight excluding hydrogens is 392 g/mol. The minimum Gasteiger partial charge on any atom is -0.338 e. The molecule has 134 valence electrons. The molecule has 2 aliphatic rings. The van der Waals surface area contributed by atoms with E-state index in [0.29, 0.717) is 0 Å². The highest BCUT2D eigenvalue weighted by atomic mass is 79.9. The summed E-state index contributed by atoms with van der Waals surface area (Å²) in [6.45, 7) is 4.89. The van der Waals surface area contributed by atoms with Gasteiger partial charge in [0.1, 0.15) is 0 Å². The predicted octanol–water partition coefficient (Wildman–Crippen LogP) is 2.93. The molecule has 0 unspecified atom stereocenters. The van der Waals surface area contributed by atoms with Crippen molar-refractivity contribution in [3.8, 4) is 0 Å². The fraction of sp³-hybridized carbons (Fsp3) is 0.421. The van der Waals surface area contributed by atoms with Gasteiger partial charge in [-0.1, -0.05) is 15.9 Å². The maximum Gasteiger partial charge on any atom is 0.225 e. The Balaban J connectivity index is 1.26. The summed E-state index contributed by atoms with van der Waals surface area (Å²) in [5.74, 6) is 0.833. The van der Waals surface area contributed by atoms with Crippen LogP contribution in [-0.4, -0.2) is 51.2 Å². The number of hydrogen-bond donors (Lipinski definition) is 1. The highest BCUT2D eigenvalue weighted by Gasteiger charge is 2.23. The van der Waals surface area contributed by atoms with Gasteiger partial charge in [-0.05, 0) is 43.0 Å². The maximum absolute atomic E-state index is 4.75. The van der Waals surface area contributed by atoms with Crippen molar-refractivity contribution in [3.05, 3.63) is 45.8 Å². The summed E-state index contributed by atoms with van der Waals surface area (Å²) < 4.78 is 1.06. The molecule has 0 atom stereocenters. The average Bonchev–Trinajstić information content (AvgIpc) is 3.27. The van der Waals surface area contributed by atoms with Crippen LogP contribution in [0.2, 0.25) is 0 Å². The van der Waals surface area contributed by atoms with Gasteiger partial charge in [0.2, 0.25) is 5.95 Å². The molecule has 0 saturated carbocycles. The Morgan fingerprint density at radius 2 is 2.00 bits per heavy atom. The Morgan fingerprint density at radius 3 is 2.88 bits per heavy atom. The molecule has 1 fully saturated rings. The molecule has 5 rings (SSSR count). The number of benzene rings is 1. The predicted molar refractivity (Wildman–Crippen MR) is 105 cm³/mol. The second-order valence-electron chi connectivity index (χ2n) is 7.12. The lowest BCUT2D eigenvalue weighted by Gasteiger charge is -2.34. The summed E-state index contributed by atoms with van der Waals surface area (Å²) in [6.07, 6.45) is 5.52. The zero-order valence-electron chi connectivity index (χ0n) is 14.6. The molecule has 1 aliphatic heterocycles. The number of halogens is 1. The number of anilines is 1. The third-order valence-corrected chi connectivity index (χ3v) is 5.94. The highest BCUT2D eigenvalue weighted by molar-refractivity contribution is 9.10. The highest BCUT2D eigenvalue weighted by Crippen LogP contribution is 2.24. The summed E-state index contributed by atoms with van der Waals surface area (Å²) in [4.78, 5) is 14.1. The van der Waals surface area contributed by atoms with Crippen molar-refractivity contribution in [1.82, 2.24) is 25.1 Å². The van der Waals surface area contributed by atoms with Crippen molar-refractivity contribution >= 4 is 32.8 Å². The molecule has 1 saturated heterocycles. The second kappa shape index (κ2) is 6.63. The van der Waals surface area contributed by atoms with Crippen LogP contribution in [0.5, 0.6) is 0 Å². The lowest BCUT2D eigenvalue weighted by Crippen LogP contribution is -2.46. The van der Waals surface area contributed by atoms with Crippen LogP contribution in [0.15, 0.2) is 28.9 Å². The molecule has 26 heavy (non-hydrogen) atoms. The van der Waals surface area contributed by atoms with Crippen LogP contribution in [0.3, 0.4) is 0 Å². The van der Waals surface area contributed by atoms with Crippen LogP contribution in [0, 0.1) is 0 Å². The van der Waals surface area contributed by atoms with Gasteiger partial charge in [-0.25, -0.2) is 9.97 Å². The minimum absolute atomic E-state index is 0.833. The number of rotatable bonds is 3. The molecule has 0 radical (unpaired) electrons. The average molecular weight is 413 g/mol. The van der Waals surface area contributed by atoms with Crippen molar-refractivity contribution in [2.45, 2.75) is 25.8 Å². The number of aromatic nitrogens is 4. The van der Waals surface area contributed by atoms with E-state index in [1.165, 1.54) is 29.8 Å². The van der Waals surface area contributed by atoms with E-state index in [-0.39, 0.29) is 0 Å². The monoisotopic (exact) mass is 412 g/mol. The quantitative estimate of drug-likeness (QED) is 0.716. The summed E-state index contributed by atoms with van der Waals surface area (Å²) >= 11 is 3.50. The van der Waals surface area contributed by atoms with Crippen molar-refractivity contribution < 1.29 is 0 Å². The van der Waals surface area contributed by atoms with Crippen LogP contribution in [0.1, 0.15) is 23.4 Å². The Labute approximate surface area is 160 Å². The summed E-state index contributed by atoms with van der Waals surface area (Å²) in [5.41, 5.74) is 5.07. The SMILES string of the molecule is Brc1ccc2nc(N3CCN(Cc4n[nH]c5c4CCC5)CC3)ncc2c1. The van der Waals surface area contributed by atoms with Gasteiger partial charge in [0.25, 0.3) is 0 Å². The van der Waals surface area contributed by atoms with Gasteiger partial charge >= 0.3 is 0 Å². The summed E-state index contributed by atoms with van der Waals surface area (Å²) in [6, 6.07) is 6.12. The normalized spacial score (nSPS) is 17.8. The van der Waals surface area contributed by atoms with Gasteiger partial charge in [-0.3, -0.25) is 10.00 Å². The van der Waals surface area contributed by atoms with Crippen LogP contribution in [0.25, 0.3) is 10.9 Å². The van der Waals surface area contributed by atoms with Crippen molar-refractivity contribution in [3.63, 3.8) is 0 Å². The second-order valence-corrected chi connectivity index (χ2v) is 8.03. The molecule has 1 aromatic carbocycles. The van der Waals surface area contributed by atoms with Crippen LogP contribution >= 0.6 is 15.9 Å². The van der Waals surface area contributed by atoms with E-state index in [4.69, 9.17) is 4.98 Å². The first kappa shape index (κ1) is 16.2. The van der Waals surface area contributed by atoms with Crippen molar-refractivity contribution in [2.24, 2.45) is 0 Å². The Hall–Kier alpha value is -1.99. The third-order valence-electron chi connectivity index (χ3n) is 5.45. The largest absolute Gasteiger partial charge is 0.338 e. The zero-order chi connectivity index (χ0) is 17.5. The van der Waals surface area contributed by atoms with Gasteiger partial charge in [0.05, 0.1) is 11.2 Å². The van der Waals surface area contributed by atoms with E-state index >= 15 is 0 Å². The first-order valence-electron chi connectivity index (χ1n) is 9.21. The van der Waals surface area contributed by atoms with Gasteiger partial charge < -0.3 is 4.90 Å². The topological polar surface area (TPSA) is 60.9 Å². The van der Waals surface area contributed by atoms with Gasteiger partial charge in [-0.15, -0.1) is 0 Å². The first-order chi connectivity index (χ1) is 12.8. The number of hydrogen-bond acceptors (Lipinski definition) is 5. The molecule has 7 heteroatoms. The fourth-order valence-electron chi connectivity index (χ4n) is 3.98. The van der Waals surface area contributed by atoms with E-state index in [1.54, 1.807) is 0 Å². The molecule has 0 spiro atoms. The van der Waals surface area contributed by atoms with E-state index < -0.39 is 0 Å². The van der Waals surface area contributed by atoms with Crippen LogP contribution in [0.4, 0.5) is 5.95 Å². The maximum atomic E-state index is 4.75. The molecule has 6 nitrogen and oxygen atoms in total. The molecule has 0 amide bonds. The standard InChI is InChI=1S/C19H21BrN6/c20-14-4-5-16-13(10-14)11-21-19(22-16)26-8-6-25(7-9-26)12-18-15-2-1-3-17(15)23-24-18/h4-5,10-11H,1-3,6-9,12H2,(H,23,24). The van der Waals surface area contributed by atoms with Gasteiger partial charge in [0, 0.05) is 54.5 Å². The minimum atomic E-state index is 0.833. The Morgan fingerprint density at radius 1 is 1.12 bits per heavy atom. The van der Waals surface area contributed by atoms with Crippen molar-refractivity contribution in [2.75, 3.05) is 31.1 Å². The molecule has 3 heterocycles. The summed E-state index contributed by atoms with van der Waals surface area (Å²) in [7, 11) is 0. The van der Waals surface area contributed by atoms with E-state index in [0.717, 1.165) is 60.5 Å².